The highest BCUT2D eigenvalue weighted by Crippen LogP contribution is 2.30. The smallest absolute Gasteiger partial charge is 0.262 e. The predicted octanol–water partition coefficient (Wildman–Crippen LogP) is 2.11. The summed E-state index contributed by atoms with van der Waals surface area (Å²) in [5.41, 5.74) is 2.74. The number of hydrogen-bond acceptors (Lipinski definition) is 7. The number of alkyl halides is 1. The van der Waals surface area contributed by atoms with Gasteiger partial charge >= 0.3 is 0 Å². The Labute approximate surface area is 210 Å². The summed E-state index contributed by atoms with van der Waals surface area (Å²) in [5, 5.41) is 38.1. The van der Waals surface area contributed by atoms with Crippen molar-refractivity contribution in [1.29, 1.82) is 0 Å². The summed E-state index contributed by atoms with van der Waals surface area (Å²) in [6.45, 7) is 0.951. The zero-order chi connectivity index (χ0) is 24.2. The van der Waals surface area contributed by atoms with Crippen LogP contribution in [-0.2, 0) is 0 Å². The predicted molar refractivity (Wildman–Crippen MR) is 141 cm³/mol. The number of halogens is 1. The summed E-state index contributed by atoms with van der Waals surface area (Å²) in [5.74, 6) is -0.0697. The molecule has 0 aliphatic rings. The van der Waals surface area contributed by atoms with Crippen LogP contribution in [0.1, 0.15) is 16.8 Å². The zero-order valence-electron chi connectivity index (χ0n) is 18.4. The average Bonchev–Trinajstić information content (AvgIpc) is 3.20. The number of fused-ring (bicyclic) bond motifs is 1. The first-order chi connectivity index (χ1) is 16.4. The number of para-hydroxylation sites is 1. The van der Waals surface area contributed by atoms with Crippen molar-refractivity contribution in [3.8, 4) is 28.5 Å². The second-order valence-electron chi connectivity index (χ2n) is 7.75. The first-order valence-electron chi connectivity index (χ1n) is 10.6. The van der Waals surface area contributed by atoms with E-state index in [2.05, 4.69) is 38.0 Å². The Bertz CT molecular complexity index is 1330. The van der Waals surface area contributed by atoms with Crippen molar-refractivity contribution in [1.82, 2.24) is 19.5 Å². The first kappa shape index (κ1) is 23.7. The van der Waals surface area contributed by atoms with E-state index in [4.69, 9.17) is 0 Å². The van der Waals surface area contributed by atoms with E-state index in [1.54, 1.807) is 27.7 Å². The number of aromatic nitrogens is 3. The van der Waals surface area contributed by atoms with Crippen molar-refractivity contribution in [2.24, 2.45) is 0 Å². The maximum absolute atomic E-state index is 12.8. The molecule has 0 fully saturated rings. The van der Waals surface area contributed by atoms with Crippen LogP contribution in [0.25, 0.3) is 16.9 Å². The molecule has 9 nitrogen and oxygen atoms in total. The van der Waals surface area contributed by atoms with Gasteiger partial charge < -0.3 is 25.5 Å². The van der Waals surface area contributed by atoms with E-state index in [9.17, 15) is 20.1 Å². The van der Waals surface area contributed by atoms with Crippen molar-refractivity contribution in [3.63, 3.8) is 0 Å². The highest BCUT2D eigenvalue weighted by molar-refractivity contribution is 14.1. The van der Waals surface area contributed by atoms with Gasteiger partial charge in [0.25, 0.3) is 5.91 Å². The van der Waals surface area contributed by atoms with Gasteiger partial charge in [-0.15, -0.1) is 0 Å². The lowest BCUT2D eigenvalue weighted by Gasteiger charge is -2.21. The van der Waals surface area contributed by atoms with Crippen LogP contribution < -0.4 is 10.8 Å². The molecule has 4 rings (SSSR count). The molecule has 174 valence electrons. The molecular weight excluding hydrogens is 548 g/mol. The Morgan fingerprint density at radius 1 is 1.09 bits per heavy atom. The standard InChI is InChI=1S/C23H23BIN5O4/c24-15-12-27-30-20(11-16(28-22(15)30)14-5-1-2-6-17(14)31)26-9-4-10-29(13-25)23(34)21-18(32)7-3-8-19(21)33/h1-3,5-8,11-12,26,31-33H,4,9-10,13,24H2. The van der Waals surface area contributed by atoms with Gasteiger partial charge in [-0.2, -0.15) is 9.61 Å². The van der Waals surface area contributed by atoms with E-state index in [0.717, 1.165) is 5.46 Å². The van der Waals surface area contributed by atoms with Gasteiger partial charge in [0.1, 0.15) is 36.5 Å². The molecule has 0 atom stereocenters. The summed E-state index contributed by atoms with van der Waals surface area (Å²) >= 11 is 2.08. The quantitative estimate of drug-likeness (QED) is 0.0841. The lowest BCUT2D eigenvalue weighted by molar-refractivity contribution is 0.0784. The van der Waals surface area contributed by atoms with E-state index in [1.807, 2.05) is 26.0 Å². The molecule has 2 aromatic heterocycles. The third kappa shape index (κ3) is 4.74. The number of aromatic hydroxyl groups is 3. The Hall–Kier alpha value is -3.48. The molecule has 0 spiro atoms. The van der Waals surface area contributed by atoms with Gasteiger partial charge in [-0.05, 0) is 36.1 Å². The van der Waals surface area contributed by atoms with Gasteiger partial charge in [0.15, 0.2) is 5.65 Å². The molecular formula is C23H23BIN5O4. The molecule has 0 unspecified atom stereocenters. The average molecular weight is 571 g/mol. The number of amides is 1. The number of rotatable bonds is 8. The summed E-state index contributed by atoms with van der Waals surface area (Å²) in [4.78, 5) is 19.1. The third-order valence-electron chi connectivity index (χ3n) is 5.40. The van der Waals surface area contributed by atoms with Gasteiger partial charge in [-0.3, -0.25) is 4.79 Å². The fourth-order valence-electron chi connectivity index (χ4n) is 3.63. The number of nitrogens with zero attached hydrogens (tertiary/aromatic N) is 4. The van der Waals surface area contributed by atoms with E-state index in [-0.39, 0.29) is 22.8 Å². The number of hydrogen-bond donors (Lipinski definition) is 4. The number of carbonyl (C=O) groups excluding carboxylic acids is 1. The van der Waals surface area contributed by atoms with Crippen LogP contribution in [0.5, 0.6) is 17.2 Å². The molecule has 0 saturated carbocycles. The molecule has 2 aromatic carbocycles. The highest BCUT2D eigenvalue weighted by Gasteiger charge is 2.21. The van der Waals surface area contributed by atoms with Crippen molar-refractivity contribution < 1.29 is 20.1 Å². The van der Waals surface area contributed by atoms with Crippen molar-refractivity contribution >= 4 is 53.3 Å². The lowest BCUT2D eigenvalue weighted by atomic mass is 10.0. The van der Waals surface area contributed by atoms with Crippen molar-refractivity contribution in [2.75, 3.05) is 23.0 Å². The van der Waals surface area contributed by atoms with Crippen LogP contribution >= 0.6 is 22.6 Å². The molecule has 0 aliphatic heterocycles. The van der Waals surface area contributed by atoms with E-state index in [0.29, 0.717) is 46.8 Å². The van der Waals surface area contributed by atoms with Crippen LogP contribution in [-0.4, -0.2) is 66.2 Å². The number of phenolic OH excluding ortho intramolecular Hbond substituents is 3. The molecule has 4 aromatic rings. The zero-order valence-corrected chi connectivity index (χ0v) is 20.6. The van der Waals surface area contributed by atoms with Gasteiger partial charge in [-0.25, -0.2) is 4.98 Å². The summed E-state index contributed by atoms with van der Waals surface area (Å²) < 4.78 is 2.11. The van der Waals surface area contributed by atoms with E-state index >= 15 is 0 Å². The highest BCUT2D eigenvalue weighted by atomic mass is 127. The first-order valence-corrected chi connectivity index (χ1v) is 12.2. The number of nitrogens with one attached hydrogen (secondary N) is 1. The van der Waals surface area contributed by atoms with Crippen LogP contribution in [0.15, 0.2) is 54.7 Å². The topological polar surface area (TPSA) is 123 Å². The third-order valence-corrected chi connectivity index (χ3v) is 6.23. The van der Waals surface area contributed by atoms with Crippen LogP contribution in [0, 0.1) is 0 Å². The number of carbonyl (C=O) groups is 1. The van der Waals surface area contributed by atoms with Gasteiger partial charge in [0, 0.05) is 30.9 Å². The molecule has 34 heavy (non-hydrogen) atoms. The Balaban J connectivity index is 1.49. The molecule has 0 aliphatic carbocycles. The Kier molecular flexibility index (Phi) is 7.10. The van der Waals surface area contributed by atoms with Crippen LogP contribution in [0.4, 0.5) is 5.82 Å². The largest absolute Gasteiger partial charge is 0.507 e. The van der Waals surface area contributed by atoms with Gasteiger partial charge in [0.2, 0.25) is 0 Å². The summed E-state index contributed by atoms with van der Waals surface area (Å²) in [6.07, 6.45) is 2.34. The van der Waals surface area contributed by atoms with Crippen LogP contribution in [0.3, 0.4) is 0 Å². The van der Waals surface area contributed by atoms with Crippen LogP contribution in [0.2, 0.25) is 0 Å². The van der Waals surface area contributed by atoms with E-state index in [1.165, 1.54) is 18.2 Å². The molecule has 4 N–H and O–H groups in total. The molecule has 0 radical (unpaired) electrons. The number of anilines is 1. The Morgan fingerprint density at radius 2 is 1.79 bits per heavy atom. The monoisotopic (exact) mass is 571 g/mol. The minimum Gasteiger partial charge on any atom is -0.507 e. The van der Waals surface area contributed by atoms with Crippen molar-refractivity contribution in [3.05, 3.63) is 60.3 Å². The van der Waals surface area contributed by atoms with Crippen molar-refractivity contribution in [2.45, 2.75) is 6.42 Å². The van der Waals surface area contributed by atoms with Gasteiger partial charge in [0.05, 0.1) is 10.2 Å². The normalized spacial score (nSPS) is 11.0. The van der Waals surface area contributed by atoms with E-state index < -0.39 is 5.91 Å². The van der Waals surface area contributed by atoms with Gasteiger partial charge in [-0.1, -0.05) is 40.8 Å². The summed E-state index contributed by atoms with van der Waals surface area (Å²) in [7, 11) is 1.92. The molecule has 0 saturated heterocycles. The fourth-order valence-corrected chi connectivity index (χ4v) is 4.29. The number of benzene rings is 2. The maximum Gasteiger partial charge on any atom is 0.262 e. The molecule has 1 amide bonds. The minimum atomic E-state index is -0.430. The second kappa shape index (κ2) is 10.2. The molecule has 0 bridgehead atoms. The molecule has 11 heteroatoms. The lowest BCUT2D eigenvalue weighted by Crippen LogP contribution is -2.31. The Morgan fingerprint density at radius 3 is 2.50 bits per heavy atom. The molecule has 2 heterocycles. The second-order valence-corrected chi connectivity index (χ2v) is 8.43. The summed E-state index contributed by atoms with van der Waals surface area (Å²) in [6, 6.07) is 13.1. The number of phenols is 3. The SMILES string of the molecule is Bc1cnn2c(NCCCN(CI)C(=O)c3c(O)cccc3O)cc(-c3ccccc3O)nc12. The minimum absolute atomic E-state index is 0.0951. The maximum atomic E-state index is 12.8. The fraction of sp³-hybridized carbons (Fsp3) is 0.174.